The average Bonchev–Trinajstić information content (AvgIpc) is 2.36. The molecule has 5 heteroatoms. The Morgan fingerprint density at radius 2 is 1.84 bits per heavy atom. The number of ether oxygens (including phenoxy) is 1. The number of Topliss-reactive ketones (excluding diaryl/α,β-unsaturated/α-hetero) is 1. The zero-order chi connectivity index (χ0) is 14.4. The fourth-order valence-electron chi connectivity index (χ4n) is 1.88. The van der Waals surface area contributed by atoms with Crippen molar-refractivity contribution in [3.63, 3.8) is 0 Å². The molecule has 1 unspecified atom stereocenters. The van der Waals surface area contributed by atoms with Crippen LogP contribution in [-0.4, -0.2) is 49.5 Å². The molecule has 0 radical (unpaired) electrons. The Balaban J connectivity index is 2.87. The second-order valence-electron chi connectivity index (χ2n) is 4.65. The summed E-state index contributed by atoms with van der Waals surface area (Å²) in [6.07, 6.45) is -0.164. The first-order chi connectivity index (χ1) is 8.93. The molecule has 5 nitrogen and oxygen atoms in total. The summed E-state index contributed by atoms with van der Waals surface area (Å²) in [5.74, 6) is -0.993. The van der Waals surface area contributed by atoms with Crippen molar-refractivity contribution in [1.82, 2.24) is 4.90 Å². The summed E-state index contributed by atoms with van der Waals surface area (Å²) in [4.78, 5) is 24.9. The highest BCUT2D eigenvalue weighted by atomic mass is 16.5. The van der Waals surface area contributed by atoms with Gasteiger partial charge in [-0.1, -0.05) is 0 Å². The van der Waals surface area contributed by atoms with Crippen LogP contribution < -0.4 is 4.74 Å². The minimum atomic E-state index is -0.964. The second kappa shape index (κ2) is 6.89. The molecule has 1 aromatic rings. The quantitative estimate of drug-likeness (QED) is 0.757. The van der Waals surface area contributed by atoms with E-state index in [1.807, 2.05) is 19.0 Å². The van der Waals surface area contributed by atoms with Gasteiger partial charge in [-0.3, -0.25) is 9.59 Å². The van der Waals surface area contributed by atoms with E-state index in [0.29, 0.717) is 17.9 Å². The van der Waals surface area contributed by atoms with Crippen molar-refractivity contribution in [2.45, 2.75) is 6.42 Å². The largest absolute Gasteiger partial charge is 0.497 e. The molecule has 0 bridgehead atoms. The van der Waals surface area contributed by atoms with E-state index in [4.69, 9.17) is 9.84 Å². The number of carbonyl (C=O) groups is 2. The molecule has 0 fully saturated rings. The van der Waals surface area contributed by atoms with Gasteiger partial charge >= 0.3 is 5.97 Å². The number of methoxy groups -OCH3 is 1. The van der Waals surface area contributed by atoms with Gasteiger partial charge in [-0.25, -0.2) is 0 Å². The molecule has 0 amide bonds. The number of benzene rings is 1. The van der Waals surface area contributed by atoms with Crippen LogP contribution in [0.4, 0.5) is 0 Å². The van der Waals surface area contributed by atoms with Crippen molar-refractivity contribution in [3.05, 3.63) is 29.8 Å². The third-order valence-corrected chi connectivity index (χ3v) is 2.75. The molecule has 0 spiro atoms. The van der Waals surface area contributed by atoms with E-state index in [9.17, 15) is 9.59 Å². The van der Waals surface area contributed by atoms with Crippen molar-refractivity contribution in [3.8, 4) is 5.75 Å². The molecule has 1 N–H and O–H groups in total. The third kappa shape index (κ3) is 4.71. The van der Waals surface area contributed by atoms with Crippen molar-refractivity contribution < 1.29 is 19.4 Å². The van der Waals surface area contributed by atoms with Gasteiger partial charge in [0, 0.05) is 18.0 Å². The molecule has 1 atom stereocenters. The molecule has 0 aliphatic heterocycles. The van der Waals surface area contributed by atoms with E-state index in [-0.39, 0.29) is 12.2 Å². The van der Waals surface area contributed by atoms with Crippen LogP contribution in [0.2, 0.25) is 0 Å². The van der Waals surface area contributed by atoms with Crippen LogP contribution in [0.15, 0.2) is 24.3 Å². The number of carbonyl (C=O) groups excluding carboxylic acids is 1. The summed E-state index contributed by atoms with van der Waals surface area (Å²) < 4.78 is 5.02. The van der Waals surface area contributed by atoms with E-state index < -0.39 is 11.9 Å². The minimum absolute atomic E-state index is 0.154. The normalized spacial score (nSPS) is 12.2. The highest BCUT2D eigenvalue weighted by Crippen LogP contribution is 2.17. The second-order valence-corrected chi connectivity index (χ2v) is 4.65. The summed E-state index contributed by atoms with van der Waals surface area (Å²) in [6.45, 7) is 0.414. The molecule has 0 aliphatic carbocycles. The zero-order valence-electron chi connectivity index (χ0n) is 11.4. The van der Waals surface area contributed by atoms with Gasteiger partial charge in [-0.05, 0) is 38.4 Å². The van der Waals surface area contributed by atoms with E-state index in [1.165, 1.54) is 0 Å². The molecule has 0 saturated carbocycles. The fourth-order valence-corrected chi connectivity index (χ4v) is 1.88. The average molecular weight is 265 g/mol. The van der Waals surface area contributed by atoms with Gasteiger partial charge in [0.15, 0.2) is 5.78 Å². The van der Waals surface area contributed by atoms with Gasteiger partial charge in [-0.15, -0.1) is 0 Å². The van der Waals surface area contributed by atoms with Gasteiger partial charge in [-0.2, -0.15) is 0 Å². The Kier molecular flexibility index (Phi) is 5.51. The molecule has 1 rings (SSSR count). The fraction of sp³-hybridized carbons (Fsp3) is 0.429. The minimum Gasteiger partial charge on any atom is -0.497 e. The summed E-state index contributed by atoms with van der Waals surface area (Å²) in [5, 5.41) is 8.88. The standard InChI is InChI=1S/C14H19NO4/c1-15(2)9-11(8-13(16)17)14(18)10-4-6-12(19-3)7-5-10/h4-7,11H,8-9H2,1-3H3,(H,16,17). The van der Waals surface area contributed by atoms with E-state index in [1.54, 1.807) is 31.4 Å². The van der Waals surface area contributed by atoms with E-state index >= 15 is 0 Å². The van der Waals surface area contributed by atoms with Gasteiger partial charge in [0.25, 0.3) is 0 Å². The van der Waals surface area contributed by atoms with Crippen molar-refractivity contribution in [1.29, 1.82) is 0 Å². The molecule has 19 heavy (non-hydrogen) atoms. The molecule has 0 heterocycles. The van der Waals surface area contributed by atoms with Crippen LogP contribution in [0.25, 0.3) is 0 Å². The predicted octanol–water partition coefficient (Wildman–Crippen LogP) is 1.53. The van der Waals surface area contributed by atoms with Crippen LogP contribution in [0.1, 0.15) is 16.8 Å². The van der Waals surface area contributed by atoms with E-state index in [0.717, 1.165) is 0 Å². The summed E-state index contributed by atoms with van der Waals surface area (Å²) in [7, 11) is 5.18. The first-order valence-corrected chi connectivity index (χ1v) is 5.98. The number of ketones is 1. The lowest BCUT2D eigenvalue weighted by atomic mass is 9.94. The van der Waals surface area contributed by atoms with Crippen LogP contribution in [-0.2, 0) is 4.79 Å². The maximum Gasteiger partial charge on any atom is 0.304 e. The maximum absolute atomic E-state index is 12.3. The lowest BCUT2D eigenvalue weighted by molar-refractivity contribution is -0.137. The van der Waals surface area contributed by atoms with E-state index in [2.05, 4.69) is 0 Å². The molecule has 0 aliphatic rings. The summed E-state index contributed by atoms with van der Waals surface area (Å²) in [6, 6.07) is 6.71. The van der Waals surface area contributed by atoms with Crippen LogP contribution >= 0.6 is 0 Å². The third-order valence-electron chi connectivity index (χ3n) is 2.75. The number of hydrogen-bond acceptors (Lipinski definition) is 4. The number of hydrogen-bond donors (Lipinski definition) is 1. The van der Waals surface area contributed by atoms with Gasteiger partial charge in [0.05, 0.1) is 13.5 Å². The zero-order valence-corrected chi connectivity index (χ0v) is 11.4. The SMILES string of the molecule is COc1ccc(C(=O)C(CC(=O)O)CN(C)C)cc1. The Hall–Kier alpha value is -1.88. The van der Waals surface area contributed by atoms with Crippen LogP contribution in [0, 0.1) is 5.92 Å². The van der Waals surface area contributed by atoms with Crippen molar-refractivity contribution >= 4 is 11.8 Å². The molecular formula is C14H19NO4. The highest BCUT2D eigenvalue weighted by molar-refractivity contribution is 5.99. The summed E-state index contributed by atoms with van der Waals surface area (Å²) in [5.41, 5.74) is 0.508. The number of carboxylic acids is 1. The van der Waals surface area contributed by atoms with Gasteiger partial charge < -0.3 is 14.7 Å². The molecule has 104 valence electrons. The topological polar surface area (TPSA) is 66.8 Å². The van der Waals surface area contributed by atoms with Gasteiger partial charge in [0.2, 0.25) is 0 Å². The molecule has 0 aromatic heterocycles. The number of carboxylic acid groups (broad SMARTS) is 1. The number of nitrogens with zero attached hydrogens (tertiary/aromatic N) is 1. The Morgan fingerprint density at radius 1 is 1.26 bits per heavy atom. The summed E-state index contributed by atoms with van der Waals surface area (Å²) >= 11 is 0. The van der Waals surface area contributed by atoms with Crippen molar-refractivity contribution in [2.24, 2.45) is 5.92 Å². The Bertz CT molecular complexity index is 439. The smallest absolute Gasteiger partial charge is 0.304 e. The molecule has 1 aromatic carbocycles. The Morgan fingerprint density at radius 3 is 2.26 bits per heavy atom. The maximum atomic E-state index is 12.3. The van der Waals surface area contributed by atoms with Crippen molar-refractivity contribution in [2.75, 3.05) is 27.7 Å². The van der Waals surface area contributed by atoms with Gasteiger partial charge in [0.1, 0.15) is 5.75 Å². The molecular weight excluding hydrogens is 246 g/mol. The first-order valence-electron chi connectivity index (χ1n) is 5.98. The van der Waals surface area contributed by atoms with Crippen LogP contribution in [0.3, 0.4) is 0 Å². The predicted molar refractivity (Wildman–Crippen MR) is 71.6 cm³/mol. The Labute approximate surface area is 112 Å². The first kappa shape index (κ1) is 15.2. The number of rotatable bonds is 7. The molecule has 0 saturated heterocycles. The lowest BCUT2D eigenvalue weighted by Crippen LogP contribution is -2.30. The monoisotopic (exact) mass is 265 g/mol. The number of aliphatic carboxylic acids is 1. The highest BCUT2D eigenvalue weighted by Gasteiger charge is 2.23. The van der Waals surface area contributed by atoms with Crippen LogP contribution in [0.5, 0.6) is 5.75 Å². The lowest BCUT2D eigenvalue weighted by Gasteiger charge is -2.18.